The topological polar surface area (TPSA) is 33.1 Å². The monoisotopic (exact) mass is 205 g/mol. The molecule has 0 saturated carbocycles. The third-order valence-corrected chi connectivity index (χ3v) is 3.15. The summed E-state index contributed by atoms with van der Waals surface area (Å²) in [6, 6.07) is 2.25. The average molecular weight is 205 g/mol. The molecule has 0 aliphatic heterocycles. The SMILES string of the molecule is Cc1cnc2c(c1)CCCC2CC(C)O. The Balaban J connectivity index is 2.26. The van der Waals surface area contributed by atoms with Gasteiger partial charge in [-0.15, -0.1) is 0 Å². The maximum atomic E-state index is 9.46. The number of pyridine rings is 1. The fraction of sp³-hybridized carbons (Fsp3) is 0.615. The van der Waals surface area contributed by atoms with Crippen molar-refractivity contribution in [3.8, 4) is 0 Å². The lowest BCUT2D eigenvalue weighted by molar-refractivity contribution is 0.170. The number of aliphatic hydroxyl groups excluding tert-OH is 1. The Labute approximate surface area is 91.4 Å². The summed E-state index contributed by atoms with van der Waals surface area (Å²) >= 11 is 0. The van der Waals surface area contributed by atoms with E-state index in [0.29, 0.717) is 5.92 Å². The Morgan fingerprint density at radius 3 is 3.13 bits per heavy atom. The molecule has 2 rings (SSSR count). The van der Waals surface area contributed by atoms with E-state index in [1.54, 1.807) is 0 Å². The van der Waals surface area contributed by atoms with Crippen LogP contribution in [-0.4, -0.2) is 16.2 Å². The molecule has 0 spiro atoms. The van der Waals surface area contributed by atoms with Crippen LogP contribution in [0.2, 0.25) is 0 Å². The number of aromatic nitrogens is 1. The smallest absolute Gasteiger partial charge is 0.0518 e. The molecule has 0 aromatic carbocycles. The van der Waals surface area contributed by atoms with Gasteiger partial charge < -0.3 is 5.11 Å². The van der Waals surface area contributed by atoms with Crippen LogP contribution in [0, 0.1) is 6.92 Å². The van der Waals surface area contributed by atoms with E-state index in [1.165, 1.54) is 29.7 Å². The molecule has 82 valence electrons. The van der Waals surface area contributed by atoms with E-state index in [4.69, 9.17) is 0 Å². The summed E-state index contributed by atoms with van der Waals surface area (Å²) in [6.45, 7) is 3.95. The molecule has 1 aromatic heterocycles. The number of nitrogens with zero attached hydrogens (tertiary/aromatic N) is 1. The van der Waals surface area contributed by atoms with E-state index in [1.807, 2.05) is 13.1 Å². The minimum atomic E-state index is -0.218. The number of aliphatic hydroxyl groups is 1. The van der Waals surface area contributed by atoms with E-state index in [2.05, 4.69) is 18.0 Å². The Kier molecular flexibility index (Phi) is 3.06. The maximum Gasteiger partial charge on any atom is 0.0518 e. The normalized spacial score (nSPS) is 22.2. The first-order valence-electron chi connectivity index (χ1n) is 5.80. The van der Waals surface area contributed by atoms with E-state index < -0.39 is 0 Å². The Morgan fingerprint density at radius 2 is 2.40 bits per heavy atom. The lowest BCUT2D eigenvalue weighted by Gasteiger charge is -2.25. The first-order valence-corrected chi connectivity index (χ1v) is 5.80. The molecule has 0 radical (unpaired) electrons. The molecule has 1 aliphatic carbocycles. The molecule has 0 fully saturated rings. The molecule has 0 amide bonds. The number of hydrogen-bond donors (Lipinski definition) is 1. The van der Waals surface area contributed by atoms with Gasteiger partial charge in [-0.3, -0.25) is 4.98 Å². The summed E-state index contributed by atoms with van der Waals surface area (Å²) in [6.07, 6.45) is 6.13. The van der Waals surface area contributed by atoms with Crippen LogP contribution >= 0.6 is 0 Å². The predicted octanol–water partition coefficient (Wildman–Crippen LogP) is 2.58. The summed E-state index contributed by atoms with van der Waals surface area (Å²) in [5, 5.41) is 9.46. The van der Waals surface area contributed by atoms with Crippen molar-refractivity contribution in [3.63, 3.8) is 0 Å². The van der Waals surface area contributed by atoms with Crippen molar-refractivity contribution in [2.75, 3.05) is 0 Å². The molecule has 2 nitrogen and oxygen atoms in total. The zero-order valence-corrected chi connectivity index (χ0v) is 9.53. The van der Waals surface area contributed by atoms with Gasteiger partial charge in [-0.2, -0.15) is 0 Å². The largest absolute Gasteiger partial charge is 0.393 e. The second-order valence-electron chi connectivity index (χ2n) is 4.73. The van der Waals surface area contributed by atoms with Crippen LogP contribution in [0.1, 0.15) is 48.9 Å². The molecule has 2 atom stereocenters. The van der Waals surface area contributed by atoms with Gasteiger partial charge in [-0.25, -0.2) is 0 Å². The third-order valence-electron chi connectivity index (χ3n) is 3.15. The van der Waals surface area contributed by atoms with Gasteiger partial charge in [-0.05, 0) is 50.7 Å². The Hall–Kier alpha value is -0.890. The molecule has 1 aliphatic rings. The molecule has 2 heteroatoms. The molecular formula is C13H19NO. The van der Waals surface area contributed by atoms with Crippen molar-refractivity contribution >= 4 is 0 Å². The van der Waals surface area contributed by atoms with Crippen LogP contribution in [0.4, 0.5) is 0 Å². The minimum Gasteiger partial charge on any atom is -0.393 e. The first-order chi connectivity index (χ1) is 7.16. The van der Waals surface area contributed by atoms with Gasteiger partial charge >= 0.3 is 0 Å². The van der Waals surface area contributed by atoms with Gasteiger partial charge in [0, 0.05) is 17.8 Å². The third kappa shape index (κ3) is 2.37. The van der Waals surface area contributed by atoms with E-state index in [9.17, 15) is 5.11 Å². The quantitative estimate of drug-likeness (QED) is 0.805. The Morgan fingerprint density at radius 1 is 1.60 bits per heavy atom. The van der Waals surface area contributed by atoms with Crippen molar-refractivity contribution in [1.82, 2.24) is 4.98 Å². The van der Waals surface area contributed by atoms with Crippen molar-refractivity contribution in [1.29, 1.82) is 0 Å². The van der Waals surface area contributed by atoms with E-state index in [0.717, 1.165) is 12.8 Å². The van der Waals surface area contributed by atoms with Crippen LogP contribution in [0.25, 0.3) is 0 Å². The second kappa shape index (κ2) is 4.31. The fourth-order valence-electron chi connectivity index (χ4n) is 2.53. The lowest BCUT2D eigenvalue weighted by Crippen LogP contribution is -2.16. The molecule has 15 heavy (non-hydrogen) atoms. The highest BCUT2D eigenvalue weighted by atomic mass is 16.3. The maximum absolute atomic E-state index is 9.46. The number of fused-ring (bicyclic) bond motifs is 1. The van der Waals surface area contributed by atoms with Crippen LogP contribution < -0.4 is 0 Å². The van der Waals surface area contributed by atoms with Crippen LogP contribution in [0.5, 0.6) is 0 Å². The summed E-state index contributed by atoms with van der Waals surface area (Å²) in [7, 11) is 0. The highest BCUT2D eigenvalue weighted by molar-refractivity contribution is 5.29. The van der Waals surface area contributed by atoms with Crippen LogP contribution in [0.3, 0.4) is 0 Å². The summed E-state index contributed by atoms with van der Waals surface area (Å²) in [4.78, 5) is 4.54. The molecule has 2 unspecified atom stereocenters. The number of aryl methyl sites for hydroxylation is 2. The van der Waals surface area contributed by atoms with Gasteiger partial charge in [0.15, 0.2) is 0 Å². The standard InChI is InChI=1S/C13H19NO/c1-9-6-11-4-3-5-12(7-10(2)15)13(11)14-8-9/h6,8,10,12,15H,3-5,7H2,1-2H3. The van der Waals surface area contributed by atoms with Gasteiger partial charge in [0.05, 0.1) is 6.10 Å². The molecule has 0 saturated heterocycles. The molecule has 1 heterocycles. The van der Waals surface area contributed by atoms with Gasteiger partial charge in [-0.1, -0.05) is 6.07 Å². The predicted molar refractivity (Wildman–Crippen MR) is 61.0 cm³/mol. The highest BCUT2D eigenvalue weighted by Crippen LogP contribution is 2.33. The van der Waals surface area contributed by atoms with Crippen molar-refractivity contribution in [2.45, 2.75) is 51.6 Å². The van der Waals surface area contributed by atoms with Gasteiger partial charge in [0.2, 0.25) is 0 Å². The number of rotatable bonds is 2. The summed E-state index contributed by atoms with van der Waals surface area (Å²) in [5.41, 5.74) is 3.87. The fourth-order valence-corrected chi connectivity index (χ4v) is 2.53. The average Bonchev–Trinajstić information content (AvgIpc) is 2.16. The van der Waals surface area contributed by atoms with E-state index in [-0.39, 0.29) is 6.10 Å². The summed E-state index contributed by atoms with van der Waals surface area (Å²) < 4.78 is 0. The van der Waals surface area contributed by atoms with Crippen molar-refractivity contribution in [3.05, 3.63) is 29.1 Å². The second-order valence-corrected chi connectivity index (χ2v) is 4.73. The van der Waals surface area contributed by atoms with Gasteiger partial charge in [0.25, 0.3) is 0 Å². The van der Waals surface area contributed by atoms with Gasteiger partial charge in [0.1, 0.15) is 0 Å². The van der Waals surface area contributed by atoms with Crippen molar-refractivity contribution in [2.24, 2.45) is 0 Å². The minimum absolute atomic E-state index is 0.218. The molecular weight excluding hydrogens is 186 g/mol. The zero-order valence-electron chi connectivity index (χ0n) is 9.53. The van der Waals surface area contributed by atoms with Crippen LogP contribution in [-0.2, 0) is 6.42 Å². The number of hydrogen-bond acceptors (Lipinski definition) is 2. The van der Waals surface area contributed by atoms with Crippen molar-refractivity contribution < 1.29 is 5.11 Å². The molecule has 0 bridgehead atoms. The zero-order chi connectivity index (χ0) is 10.8. The lowest BCUT2D eigenvalue weighted by atomic mass is 9.83. The first kappa shape index (κ1) is 10.6. The Bertz CT molecular complexity index is 346. The van der Waals surface area contributed by atoms with E-state index >= 15 is 0 Å². The highest BCUT2D eigenvalue weighted by Gasteiger charge is 2.22. The van der Waals surface area contributed by atoms with Crippen LogP contribution in [0.15, 0.2) is 12.3 Å². The summed E-state index contributed by atoms with van der Waals surface area (Å²) in [5.74, 6) is 0.467. The molecule has 1 aromatic rings. The molecule has 1 N–H and O–H groups in total.